The molecule has 0 aromatic heterocycles. The number of halogens is 1. The molecule has 0 aliphatic heterocycles. The Morgan fingerprint density at radius 1 is 1.40 bits per heavy atom. The van der Waals surface area contributed by atoms with Gasteiger partial charge in [0.25, 0.3) is 0 Å². The SMILES string of the molecule is CCCN(Cc1cccc(C#N)c1F)CC(C)(C)CN. The topological polar surface area (TPSA) is 53.0 Å². The Bertz CT molecular complexity index is 477. The molecular formula is C16H24FN3. The molecule has 0 saturated heterocycles. The van der Waals surface area contributed by atoms with Crippen molar-refractivity contribution < 1.29 is 4.39 Å². The van der Waals surface area contributed by atoms with Crippen LogP contribution in [0.2, 0.25) is 0 Å². The van der Waals surface area contributed by atoms with Crippen molar-refractivity contribution in [2.24, 2.45) is 11.1 Å². The van der Waals surface area contributed by atoms with E-state index in [9.17, 15) is 4.39 Å². The van der Waals surface area contributed by atoms with Gasteiger partial charge in [-0.15, -0.1) is 0 Å². The molecule has 0 unspecified atom stereocenters. The molecule has 20 heavy (non-hydrogen) atoms. The van der Waals surface area contributed by atoms with Crippen LogP contribution < -0.4 is 5.73 Å². The predicted octanol–water partition coefficient (Wildman–Crippen LogP) is 2.89. The minimum Gasteiger partial charge on any atom is -0.330 e. The smallest absolute Gasteiger partial charge is 0.145 e. The molecule has 0 aliphatic carbocycles. The number of nitrogens with zero attached hydrogens (tertiary/aromatic N) is 2. The van der Waals surface area contributed by atoms with Gasteiger partial charge in [0.1, 0.15) is 11.9 Å². The summed E-state index contributed by atoms with van der Waals surface area (Å²) in [6.07, 6.45) is 1.00. The van der Waals surface area contributed by atoms with Gasteiger partial charge in [0.15, 0.2) is 0 Å². The Labute approximate surface area is 121 Å². The van der Waals surface area contributed by atoms with E-state index in [0.717, 1.165) is 19.5 Å². The van der Waals surface area contributed by atoms with Gasteiger partial charge in [-0.3, -0.25) is 4.90 Å². The molecule has 0 atom stereocenters. The molecule has 0 saturated carbocycles. The Balaban J connectivity index is 2.89. The van der Waals surface area contributed by atoms with Gasteiger partial charge in [-0.05, 0) is 31.0 Å². The number of benzene rings is 1. The largest absolute Gasteiger partial charge is 0.330 e. The highest BCUT2D eigenvalue weighted by Crippen LogP contribution is 2.19. The van der Waals surface area contributed by atoms with E-state index in [1.54, 1.807) is 12.1 Å². The fraction of sp³-hybridized carbons (Fsp3) is 0.562. The molecule has 2 N–H and O–H groups in total. The molecular weight excluding hydrogens is 253 g/mol. The summed E-state index contributed by atoms with van der Waals surface area (Å²) in [6.45, 7) is 9.12. The highest BCUT2D eigenvalue weighted by atomic mass is 19.1. The van der Waals surface area contributed by atoms with Crippen LogP contribution in [-0.4, -0.2) is 24.5 Å². The molecule has 4 heteroatoms. The lowest BCUT2D eigenvalue weighted by atomic mass is 9.92. The Hall–Kier alpha value is -1.44. The normalized spacial score (nSPS) is 11.7. The van der Waals surface area contributed by atoms with Crippen molar-refractivity contribution in [1.29, 1.82) is 5.26 Å². The third-order valence-corrected chi connectivity index (χ3v) is 3.34. The fourth-order valence-electron chi connectivity index (χ4n) is 2.23. The maximum absolute atomic E-state index is 14.1. The minimum absolute atomic E-state index is 0.00150. The van der Waals surface area contributed by atoms with E-state index >= 15 is 0 Å². The van der Waals surface area contributed by atoms with Gasteiger partial charge in [-0.1, -0.05) is 32.9 Å². The maximum Gasteiger partial charge on any atom is 0.145 e. The molecule has 0 fully saturated rings. The van der Waals surface area contributed by atoms with Crippen LogP contribution in [-0.2, 0) is 6.54 Å². The van der Waals surface area contributed by atoms with Gasteiger partial charge in [-0.25, -0.2) is 4.39 Å². The summed E-state index contributed by atoms with van der Waals surface area (Å²) in [6, 6.07) is 6.87. The van der Waals surface area contributed by atoms with Crippen LogP contribution in [0.25, 0.3) is 0 Å². The van der Waals surface area contributed by atoms with Crippen LogP contribution in [0.15, 0.2) is 18.2 Å². The first-order chi connectivity index (χ1) is 9.43. The van der Waals surface area contributed by atoms with Crippen molar-refractivity contribution in [2.45, 2.75) is 33.7 Å². The lowest BCUT2D eigenvalue weighted by Gasteiger charge is -2.31. The average Bonchev–Trinajstić information content (AvgIpc) is 2.41. The van der Waals surface area contributed by atoms with Crippen LogP contribution >= 0.6 is 0 Å². The lowest BCUT2D eigenvalue weighted by Crippen LogP contribution is -2.39. The summed E-state index contributed by atoms with van der Waals surface area (Å²) in [7, 11) is 0. The molecule has 0 radical (unpaired) electrons. The van der Waals surface area contributed by atoms with Crippen LogP contribution in [0, 0.1) is 22.6 Å². The summed E-state index contributed by atoms with van der Waals surface area (Å²) < 4.78 is 14.1. The van der Waals surface area contributed by atoms with E-state index in [1.165, 1.54) is 6.07 Å². The molecule has 0 heterocycles. The molecule has 1 rings (SSSR count). The third-order valence-electron chi connectivity index (χ3n) is 3.34. The number of nitriles is 1. The number of rotatable bonds is 7. The standard InChI is InChI=1S/C16H24FN3/c1-4-8-20(12-16(2,3)11-19)10-14-7-5-6-13(9-18)15(14)17/h5-7H,4,8,10-12,19H2,1-3H3. The van der Waals surface area contributed by atoms with Crippen molar-refractivity contribution in [1.82, 2.24) is 4.90 Å². The first-order valence-electron chi connectivity index (χ1n) is 7.03. The van der Waals surface area contributed by atoms with E-state index < -0.39 is 5.82 Å². The van der Waals surface area contributed by atoms with E-state index in [1.807, 2.05) is 6.07 Å². The average molecular weight is 277 g/mol. The maximum atomic E-state index is 14.1. The second-order valence-corrected chi connectivity index (χ2v) is 5.97. The van der Waals surface area contributed by atoms with E-state index in [4.69, 9.17) is 11.0 Å². The quantitative estimate of drug-likeness (QED) is 0.833. The number of hydrogen-bond donors (Lipinski definition) is 1. The highest BCUT2D eigenvalue weighted by Gasteiger charge is 2.21. The van der Waals surface area contributed by atoms with E-state index in [2.05, 4.69) is 25.7 Å². The first-order valence-corrected chi connectivity index (χ1v) is 7.03. The zero-order valence-electron chi connectivity index (χ0n) is 12.6. The second-order valence-electron chi connectivity index (χ2n) is 5.97. The van der Waals surface area contributed by atoms with Crippen molar-refractivity contribution >= 4 is 0 Å². The van der Waals surface area contributed by atoms with Crippen LogP contribution in [0.4, 0.5) is 4.39 Å². The van der Waals surface area contributed by atoms with Gasteiger partial charge in [-0.2, -0.15) is 5.26 Å². The van der Waals surface area contributed by atoms with Crippen LogP contribution in [0.5, 0.6) is 0 Å². The third kappa shape index (κ3) is 4.59. The van der Waals surface area contributed by atoms with Crippen molar-refractivity contribution in [3.05, 3.63) is 35.1 Å². The van der Waals surface area contributed by atoms with Crippen molar-refractivity contribution in [2.75, 3.05) is 19.6 Å². The van der Waals surface area contributed by atoms with E-state index in [-0.39, 0.29) is 11.0 Å². The second kappa shape index (κ2) is 7.37. The van der Waals surface area contributed by atoms with Gasteiger partial charge in [0, 0.05) is 18.7 Å². The zero-order chi connectivity index (χ0) is 15.2. The van der Waals surface area contributed by atoms with Crippen molar-refractivity contribution in [3.63, 3.8) is 0 Å². The van der Waals surface area contributed by atoms with Crippen LogP contribution in [0.1, 0.15) is 38.3 Å². The molecule has 0 bridgehead atoms. The summed E-state index contributed by atoms with van der Waals surface area (Å²) in [5.74, 6) is -0.401. The highest BCUT2D eigenvalue weighted by molar-refractivity contribution is 5.34. The Kier molecular flexibility index (Phi) is 6.12. The Morgan fingerprint density at radius 2 is 2.10 bits per heavy atom. The number of nitrogens with two attached hydrogens (primary N) is 1. The molecule has 0 aliphatic rings. The molecule has 1 aromatic rings. The summed E-state index contributed by atoms with van der Waals surface area (Å²) >= 11 is 0. The van der Waals surface area contributed by atoms with Crippen LogP contribution in [0.3, 0.4) is 0 Å². The summed E-state index contributed by atoms with van der Waals surface area (Å²) in [5, 5.41) is 8.88. The first kappa shape index (κ1) is 16.6. The predicted molar refractivity (Wildman–Crippen MR) is 79.5 cm³/mol. The zero-order valence-corrected chi connectivity index (χ0v) is 12.6. The number of hydrogen-bond acceptors (Lipinski definition) is 3. The van der Waals surface area contributed by atoms with Crippen molar-refractivity contribution in [3.8, 4) is 6.07 Å². The lowest BCUT2D eigenvalue weighted by molar-refractivity contribution is 0.174. The van der Waals surface area contributed by atoms with E-state index in [0.29, 0.717) is 18.7 Å². The van der Waals surface area contributed by atoms with Gasteiger partial charge in [0.05, 0.1) is 5.56 Å². The fourth-order valence-corrected chi connectivity index (χ4v) is 2.23. The molecule has 3 nitrogen and oxygen atoms in total. The minimum atomic E-state index is -0.401. The molecule has 0 spiro atoms. The van der Waals surface area contributed by atoms with Gasteiger partial charge >= 0.3 is 0 Å². The monoisotopic (exact) mass is 277 g/mol. The molecule has 110 valence electrons. The summed E-state index contributed by atoms with van der Waals surface area (Å²) in [4.78, 5) is 2.20. The summed E-state index contributed by atoms with van der Waals surface area (Å²) in [5.41, 5.74) is 6.46. The molecule has 0 amide bonds. The van der Waals surface area contributed by atoms with Gasteiger partial charge in [0.2, 0.25) is 0 Å². The van der Waals surface area contributed by atoms with Gasteiger partial charge < -0.3 is 5.73 Å². The Morgan fingerprint density at radius 3 is 2.65 bits per heavy atom. The molecule has 1 aromatic carbocycles.